The summed E-state index contributed by atoms with van der Waals surface area (Å²) in [7, 11) is -4.59. The van der Waals surface area contributed by atoms with Crippen molar-refractivity contribution in [1.29, 1.82) is 0 Å². The maximum absolute atomic E-state index is 12.1. The van der Waals surface area contributed by atoms with Gasteiger partial charge < -0.3 is 9.84 Å². The van der Waals surface area contributed by atoms with E-state index >= 15 is 0 Å². The molecule has 142 valence electrons. The summed E-state index contributed by atoms with van der Waals surface area (Å²) in [5, 5.41) is 12.1. The van der Waals surface area contributed by atoms with Crippen molar-refractivity contribution in [3.8, 4) is 17.2 Å². The Hall–Kier alpha value is -1.05. The second kappa shape index (κ2) is 11.7. The van der Waals surface area contributed by atoms with Crippen LogP contribution in [0.3, 0.4) is 0 Å². The van der Waals surface area contributed by atoms with Gasteiger partial charge >= 0.3 is 29.6 Å². The molecule has 0 radical (unpaired) electrons. The van der Waals surface area contributed by atoms with Gasteiger partial charge in [0.15, 0.2) is 0 Å². The van der Waals surface area contributed by atoms with E-state index in [2.05, 4.69) is 6.92 Å². The number of unbranched alkanes of at least 4 members (excludes halogenated alkanes) is 5. The fourth-order valence-electron chi connectivity index (χ4n) is 2.79. The van der Waals surface area contributed by atoms with Crippen LogP contribution in [0, 0.1) is 0 Å². The fraction of sp³-hybridized carbons (Fsp3) is 0.400. The van der Waals surface area contributed by atoms with Crippen molar-refractivity contribution in [1.82, 2.24) is 0 Å². The van der Waals surface area contributed by atoms with Crippen molar-refractivity contribution < 1.29 is 52.4 Å². The molecule has 5 nitrogen and oxygen atoms in total. The fourth-order valence-corrected chi connectivity index (χ4v) is 3.36. The Labute approximate surface area is 183 Å². The van der Waals surface area contributed by atoms with E-state index in [0.29, 0.717) is 17.7 Å². The number of benzene rings is 2. The van der Waals surface area contributed by atoms with Gasteiger partial charge in [-0.2, -0.15) is 8.42 Å². The molecule has 1 N–H and O–H groups in total. The zero-order valence-corrected chi connectivity index (χ0v) is 18.8. The third-order valence-electron chi connectivity index (χ3n) is 4.18. The Kier molecular flexibility index (Phi) is 10.4. The molecule has 2 aromatic carbocycles. The first-order chi connectivity index (χ1) is 12.4. The molecule has 0 saturated heterocycles. The molecule has 7 heteroatoms. The van der Waals surface area contributed by atoms with Crippen LogP contribution in [0.1, 0.15) is 51.0 Å². The largest absolute Gasteiger partial charge is 1.00 e. The van der Waals surface area contributed by atoms with Gasteiger partial charge in [0.2, 0.25) is 0 Å². The van der Waals surface area contributed by atoms with Gasteiger partial charge in [-0.25, -0.2) is 0 Å². The SMILES string of the molecule is CCCCCCCCc1cc([O-])c(S(=O)(=O)O)cc1Oc1ccccc1.[Na+]. The average molecular weight is 400 g/mol. The van der Waals surface area contributed by atoms with E-state index < -0.39 is 20.8 Å². The summed E-state index contributed by atoms with van der Waals surface area (Å²) in [6, 6.07) is 11.3. The predicted molar refractivity (Wildman–Crippen MR) is 99.3 cm³/mol. The molecule has 0 spiro atoms. The zero-order valence-electron chi connectivity index (χ0n) is 16.0. The monoisotopic (exact) mass is 400 g/mol. The van der Waals surface area contributed by atoms with E-state index in [-0.39, 0.29) is 35.3 Å². The summed E-state index contributed by atoms with van der Waals surface area (Å²) in [5.74, 6) is 0.113. The number of ether oxygens (including phenoxy) is 1. The average Bonchev–Trinajstić information content (AvgIpc) is 2.60. The molecule has 0 aliphatic rings. The van der Waals surface area contributed by atoms with Crippen LogP contribution >= 0.6 is 0 Å². The molecule has 0 aromatic heterocycles. The van der Waals surface area contributed by atoms with Gasteiger partial charge in [0.1, 0.15) is 11.5 Å². The molecule has 0 heterocycles. The van der Waals surface area contributed by atoms with Crippen LogP contribution < -0.4 is 39.4 Å². The van der Waals surface area contributed by atoms with Crippen molar-refractivity contribution >= 4 is 10.1 Å². The van der Waals surface area contributed by atoms with Gasteiger partial charge in [-0.1, -0.05) is 69.0 Å². The maximum atomic E-state index is 12.1. The topological polar surface area (TPSA) is 86.7 Å². The Morgan fingerprint density at radius 1 is 1.00 bits per heavy atom. The minimum atomic E-state index is -4.59. The van der Waals surface area contributed by atoms with Gasteiger partial charge in [-0.3, -0.25) is 4.55 Å². The summed E-state index contributed by atoms with van der Waals surface area (Å²) in [6.07, 6.45) is 7.28. The third kappa shape index (κ3) is 7.84. The van der Waals surface area contributed by atoms with Gasteiger partial charge in [0, 0.05) is 6.07 Å². The van der Waals surface area contributed by atoms with Crippen molar-refractivity contribution in [2.24, 2.45) is 0 Å². The molecule has 0 unspecified atom stereocenters. The number of aryl methyl sites for hydroxylation is 1. The first-order valence-electron chi connectivity index (χ1n) is 8.96. The molecule has 0 aliphatic carbocycles. The summed E-state index contributed by atoms with van der Waals surface area (Å²) in [4.78, 5) is -0.657. The molecule has 0 bridgehead atoms. The van der Waals surface area contributed by atoms with E-state index in [0.717, 1.165) is 25.3 Å². The molecule has 0 saturated carbocycles. The Morgan fingerprint density at radius 3 is 2.26 bits per heavy atom. The first-order valence-corrected chi connectivity index (χ1v) is 10.4. The molecule has 0 amide bonds. The molecule has 0 atom stereocenters. The Bertz CT molecular complexity index is 807. The molecule has 0 fully saturated rings. The van der Waals surface area contributed by atoms with E-state index in [1.165, 1.54) is 25.3 Å². The second-order valence-electron chi connectivity index (χ2n) is 6.31. The Balaban J connectivity index is 0.00000364. The van der Waals surface area contributed by atoms with Gasteiger partial charge in [-0.05, 0) is 30.5 Å². The minimum absolute atomic E-state index is 0. The zero-order chi connectivity index (χ0) is 19.0. The summed E-state index contributed by atoms with van der Waals surface area (Å²) >= 11 is 0. The van der Waals surface area contributed by atoms with Crippen LogP contribution in [0.4, 0.5) is 0 Å². The van der Waals surface area contributed by atoms with Crippen molar-refractivity contribution in [2.45, 2.75) is 56.8 Å². The van der Waals surface area contributed by atoms with Crippen LogP contribution in [0.25, 0.3) is 0 Å². The molecule has 27 heavy (non-hydrogen) atoms. The normalized spacial score (nSPS) is 11.0. The second-order valence-corrected chi connectivity index (χ2v) is 7.70. The van der Waals surface area contributed by atoms with Gasteiger partial charge in [0.05, 0.1) is 4.90 Å². The van der Waals surface area contributed by atoms with Gasteiger partial charge in [0.25, 0.3) is 10.1 Å². The van der Waals surface area contributed by atoms with Crippen LogP contribution in [0.15, 0.2) is 47.4 Å². The summed E-state index contributed by atoms with van der Waals surface area (Å²) in [6.45, 7) is 2.17. The maximum Gasteiger partial charge on any atom is 1.00 e. The minimum Gasteiger partial charge on any atom is -0.872 e. The summed E-state index contributed by atoms with van der Waals surface area (Å²) < 4.78 is 37.9. The quantitative estimate of drug-likeness (QED) is 0.373. The molecular weight excluding hydrogens is 375 g/mol. The molecule has 2 aromatic rings. The van der Waals surface area contributed by atoms with E-state index in [1.807, 2.05) is 6.07 Å². The van der Waals surface area contributed by atoms with Gasteiger partial charge in [-0.15, -0.1) is 0 Å². The van der Waals surface area contributed by atoms with E-state index in [4.69, 9.17) is 4.74 Å². The third-order valence-corrected chi connectivity index (χ3v) is 5.05. The van der Waals surface area contributed by atoms with Crippen molar-refractivity contribution in [3.63, 3.8) is 0 Å². The summed E-state index contributed by atoms with van der Waals surface area (Å²) in [5.41, 5.74) is 0.654. The predicted octanol–water partition coefficient (Wildman–Crippen LogP) is 1.71. The van der Waals surface area contributed by atoms with Crippen LogP contribution in [-0.4, -0.2) is 13.0 Å². The van der Waals surface area contributed by atoms with Crippen molar-refractivity contribution in [2.75, 3.05) is 0 Å². The molecule has 2 rings (SSSR count). The van der Waals surface area contributed by atoms with Crippen LogP contribution in [0.2, 0.25) is 0 Å². The number of hydrogen-bond acceptors (Lipinski definition) is 4. The number of rotatable bonds is 10. The smallest absolute Gasteiger partial charge is 0.872 e. The standard InChI is InChI=1S/C20H26O5S.Na/c1-2-3-4-5-6-8-11-16-14-18(21)20(26(22,23)24)15-19(16)25-17-12-9-7-10-13-17;/h7,9-10,12-15,21H,2-6,8,11H2,1H3,(H,22,23,24);/q;+1/p-1. The Morgan fingerprint density at radius 2 is 1.63 bits per heavy atom. The molecular formula is C20H25NaO5S. The van der Waals surface area contributed by atoms with Crippen LogP contribution in [0.5, 0.6) is 17.2 Å². The van der Waals surface area contributed by atoms with Crippen molar-refractivity contribution in [3.05, 3.63) is 48.0 Å². The van der Waals surface area contributed by atoms with Crippen LogP contribution in [-0.2, 0) is 16.5 Å². The first kappa shape index (κ1) is 24.0. The van der Waals surface area contributed by atoms with E-state index in [1.54, 1.807) is 24.3 Å². The van der Waals surface area contributed by atoms with E-state index in [9.17, 15) is 18.1 Å². The number of para-hydroxylation sites is 1. The molecule has 0 aliphatic heterocycles. The number of hydrogen-bond donors (Lipinski definition) is 1.